The maximum atomic E-state index is 12.2. The minimum atomic E-state index is -1.02. The van der Waals surface area contributed by atoms with E-state index in [9.17, 15) is 9.59 Å². The number of carboxylic acid groups (broad SMARTS) is 1. The first-order valence-corrected chi connectivity index (χ1v) is 8.78. The van der Waals surface area contributed by atoms with Gasteiger partial charge in [-0.15, -0.1) is 0 Å². The first kappa shape index (κ1) is 19.2. The smallest absolute Gasteiger partial charge is 0.332 e. The number of benzene rings is 1. The van der Waals surface area contributed by atoms with E-state index < -0.39 is 18.2 Å². The first-order valence-electron chi connectivity index (χ1n) is 8.78. The van der Waals surface area contributed by atoms with Gasteiger partial charge in [0.25, 0.3) is 0 Å². The van der Waals surface area contributed by atoms with Crippen molar-refractivity contribution in [2.75, 3.05) is 6.61 Å². The van der Waals surface area contributed by atoms with Crippen molar-refractivity contribution in [3.05, 3.63) is 29.8 Å². The summed E-state index contributed by atoms with van der Waals surface area (Å²) < 4.78 is 11.0. The number of ether oxygens (including phenoxy) is 2. The van der Waals surface area contributed by atoms with Crippen LogP contribution in [0.3, 0.4) is 0 Å². The third-order valence-corrected chi connectivity index (χ3v) is 4.29. The Morgan fingerprint density at radius 3 is 2.40 bits per heavy atom. The molecule has 3 atom stereocenters. The number of amides is 1. The molecule has 2 rings (SSSR count). The molecule has 1 aliphatic rings. The molecule has 6 nitrogen and oxygen atoms in total. The fourth-order valence-corrected chi connectivity index (χ4v) is 2.67. The molecule has 138 valence electrons. The molecule has 6 heteroatoms. The highest BCUT2D eigenvalue weighted by molar-refractivity contribution is 5.83. The Kier molecular flexibility index (Phi) is 6.82. The molecule has 0 bridgehead atoms. The molecule has 0 spiro atoms. The second kappa shape index (κ2) is 8.85. The third kappa shape index (κ3) is 5.74. The van der Waals surface area contributed by atoms with Gasteiger partial charge in [0.1, 0.15) is 11.9 Å². The fourth-order valence-electron chi connectivity index (χ4n) is 2.67. The van der Waals surface area contributed by atoms with Gasteiger partial charge in [-0.3, -0.25) is 4.79 Å². The Labute approximate surface area is 148 Å². The van der Waals surface area contributed by atoms with Gasteiger partial charge in [-0.2, -0.15) is 0 Å². The van der Waals surface area contributed by atoms with Crippen molar-refractivity contribution in [1.29, 1.82) is 0 Å². The van der Waals surface area contributed by atoms with Gasteiger partial charge in [-0.1, -0.05) is 26.0 Å². The standard InChI is InChI=1S/C19H27NO5/c1-12(2)10-11-24-15-6-4-14(5-7-15)13(3)20-18(21)16-8-9-17(25-16)19(22)23/h4-7,12-13,16-17H,8-11H2,1-3H3,(H,20,21)(H,22,23)/t13?,16-,17+/m0/s1. The predicted molar refractivity (Wildman–Crippen MR) is 93.5 cm³/mol. The normalized spacial score (nSPS) is 21.1. The van der Waals surface area contributed by atoms with Crippen LogP contribution in [0.25, 0.3) is 0 Å². The van der Waals surface area contributed by atoms with Crippen molar-refractivity contribution in [3.8, 4) is 5.75 Å². The minimum absolute atomic E-state index is 0.190. The van der Waals surface area contributed by atoms with Gasteiger partial charge >= 0.3 is 5.97 Å². The van der Waals surface area contributed by atoms with Gasteiger partial charge in [0.15, 0.2) is 6.10 Å². The Morgan fingerprint density at radius 2 is 1.84 bits per heavy atom. The Balaban J connectivity index is 1.83. The number of carbonyl (C=O) groups is 2. The summed E-state index contributed by atoms with van der Waals surface area (Å²) in [5, 5.41) is 11.8. The average Bonchev–Trinajstić information content (AvgIpc) is 3.05. The van der Waals surface area contributed by atoms with Crippen LogP contribution in [0.1, 0.15) is 51.6 Å². The van der Waals surface area contributed by atoms with Crippen molar-refractivity contribution in [2.45, 2.75) is 58.3 Å². The lowest BCUT2D eigenvalue weighted by molar-refractivity contribution is -0.151. The predicted octanol–water partition coefficient (Wildman–Crippen LogP) is 2.92. The molecular weight excluding hydrogens is 322 g/mol. The molecule has 1 saturated heterocycles. The van der Waals surface area contributed by atoms with E-state index in [-0.39, 0.29) is 11.9 Å². The van der Waals surface area contributed by atoms with Gasteiger partial charge in [0.05, 0.1) is 12.6 Å². The number of hydrogen-bond acceptors (Lipinski definition) is 4. The highest BCUT2D eigenvalue weighted by Gasteiger charge is 2.35. The summed E-state index contributed by atoms with van der Waals surface area (Å²) >= 11 is 0. The van der Waals surface area contributed by atoms with Crippen molar-refractivity contribution in [2.24, 2.45) is 5.92 Å². The lowest BCUT2D eigenvalue weighted by Gasteiger charge is -2.18. The van der Waals surface area contributed by atoms with Crippen molar-refractivity contribution < 1.29 is 24.2 Å². The molecule has 1 unspecified atom stereocenters. The molecule has 25 heavy (non-hydrogen) atoms. The van der Waals surface area contributed by atoms with Gasteiger partial charge in [0, 0.05) is 0 Å². The van der Waals surface area contributed by atoms with Crippen LogP contribution in [0.5, 0.6) is 5.75 Å². The van der Waals surface area contributed by atoms with Crippen LogP contribution in [-0.2, 0) is 14.3 Å². The van der Waals surface area contributed by atoms with Gasteiger partial charge < -0.3 is 19.9 Å². The van der Waals surface area contributed by atoms with E-state index in [0.717, 1.165) is 17.7 Å². The number of carbonyl (C=O) groups excluding carboxylic acids is 1. The highest BCUT2D eigenvalue weighted by Crippen LogP contribution is 2.22. The molecule has 1 aliphatic heterocycles. The minimum Gasteiger partial charge on any atom is -0.494 e. The van der Waals surface area contributed by atoms with E-state index in [1.165, 1.54) is 0 Å². The third-order valence-electron chi connectivity index (χ3n) is 4.29. The summed E-state index contributed by atoms with van der Waals surface area (Å²) in [4.78, 5) is 23.1. The maximum absolute atomic E-state index is 12.2. The number of aliphatic carboxylic acids is 1. The second-order valence-corrected chi connectivity index (χ2v) is 6.86. The highest BCUT2D eigenvalue weighted by atomic mass is 16.5. The van der Waals surface area contributed by atoms with Crippen LogP contribution >= 0.6 is 0 Å². The molecule has 1 aromatic rings. The molecule has 2 N–H and O–H groups in total. The zero-order valence-electron chi connectivity index (χ0n) is 15.0. The van der Waals surface area contributed by atoms with E-state index in [1.54, 1.807) is 0 Å². The van der Waals surface area contributed by atoms with Gasteiger partial charge in [-0.05, 0) is 49.8 Å². The molecule has 0 saturated carbocycles. The van der Waals surface area contributed by atoms with E-state index in [0.29, 0.717) is 25.4 Å². The SMILES string of the molecule is CC(C)CCOc1ccc(C(C)NC(=O)[C@@H]2CC[C@H](C(=O)O)O2)cc1. The van der Waals surface area contributed by atoms with Crippen LogP contribution in [0, 0.1) is 5.92 Å². The number of carboxylic acids is 1. The molecule has 0 radical (unpaired) electrons. The fraction of sp³-hybridized carbons (Fsp3) is 0.579. The number of hydrogen-bond donors (Lipinski definition) is 2. The molecule has 1 fully saturated rings. The summed E-state index contributed by atoms with van der Waals surface area (Å²) in [6.45, 7) is 6.89. The second-order valence-electron chi connectivity index (χ2n) is 6.86. The van der Waals surface area contributed by atoms with Crippen LogP contribution in [-0.4, -0.2) is 35.8 Å². The van der Waals surface area contributed by atoms with Crippen molar-refractivity contribution in [3.63, 3.8) is 0 Å². The molecular formula is C19H27NO5. The summed E-state index contributed by atoms with van der Waals surface area (Å²) in [7, 11) is 0. The Hall–Kier alpha value is -2.08. The Morgan fingerprint density at radius 1 is 1.20 bits per heavy atom. The average molecular weight is 349 g/mol. The molecule has 1 aromatic carbocycles. The number of rotatable bonds is 8. The monoisotopic (exact) mass is 349 g/mol. The molecule has 1 amide bonds. The zero-order valence-corrected chi connectivity index (χ0v) is 15.0. The van der Waals surface area contributed by atoms with Gasteiger partial charge in [-0.25, -0.2) is 4.79 Å². The van der Waals surface area contributed by atoms with E-state index in [4.69, 9.17) is 14.6 Å². The lowest BCUT2D eigenvalue weighted by Crippen LogP contribution is -2.37. The zero-order chi connectivity index (χ0) is 18.4. The quantitative estimate of drug-likeness (QED) is 0.754. The van der Waals surface area contributed by atoms with Crippen molar-refractivity contribution in [1.82, 2.24) is 5.32 Å². The molecule has 0 aromatic heterocycles. The van der Waals surface area contributed by atoms with Crippen LogP contribution in [0.15, 0.2) is 24.3 Å². The van der Waals surface area contributed by atoms with Crippen LogP contribution in [0.2, 0.25) is 0 Å². The summed E-state index contributed by atoms with van der Waals surface area (Å²) in [6, 6.07) is 7.44. The van der Waals surface area contributed by atoms with Crippen molar-refractivity contribution >= 4 is 11.9 Å². The summed E-state index contributed by atoms with van der Waals surface area (Å²) in [5.74, 6) is 0.129. The van der Waals surface area contributed by atoms with E-state index in [2.05, 4.69) is 19.2 Å². The first-order chi connectivity index (χ1) is 11.9. The molecule has 0 aliphatic carbocycles. The summed E-state index contributed by atoms with van der Waals surface area (Å²) in [5.41, 5.74) is 0.956. The number of nitrogens with one attached hydrogen (secondary N) is 1. The van der Waals surface area contributed by atoms with Gasteiger partial charge in [0.2, 0.25) is 5.91 Å². The molecule has 1 heterocycles. The maximum Gasteiger partial charge on any atom is 0.332 e. The van der Waals surface area contributed by atoms with Crippen LogP contribution < -0.4 is 10.1 Å². The topological polar surface area (TPSA) is 84.9 Å². The lowest BCUT2D eigenvalue weighted by atomic mass is 10.1. The van der Waals surface area contributed by atoms with E-state index >= 15 is 0 Å². The Bertz CT molecular complexity index is 584. The largest absolute Gasteiger partial charge is 0.494 e. The van der Waals surface area contributed by atoms with E-state index in [1.807, 2.05) is 31.2 Å². The van der Waals surface area contributed by atoms with Crippen LogP contribution in [0.4, 0.5) is 0 Å². The summed E-state index contributed by atoms with van der Waals surface area (Å²) in [6.07, 6.45) is 0.227.